The minimum atomic E-state index is 0.105. The van der Waals surface area contributed by atoms with Crippen LogP contribution in [0.5, 0.6) is 5.75 Å². The molecule has 2 fully saturated rings. The molecule has 2 unspecified atom stereocenters. The molecular formula is C18H27N3O3. The standard InChI is InChI=1S/C18H27N3O3/c1-23-17-5-3-2-4-16(17)21-8-6-14(12-21)11-20-18(22)10-15-13-24-9-7-19-15/h2-5,14-15,19H,6-13H2,1H3,(H,20,22). The van der Waals surface area contributed by atoms with Crippen molar-refractivity contribution in [3.05, 3.63) is 24.3 Å². The molecular weight excluding hydrogens is 306 g/mol. The molecule has 6 heteroatoms. The summed E-state index contributed by atoms with van der Waals surface area (Å²) in [7, 11) is 1.70. The van der Waals surface area contributed by atoms with E-state index in [2.05, 4.69) is 21.6 Å². The summed E-state index contributed by atoms with van der Waals surface area (Å²) in [5.74, 6) is 1.49. The molecule has 3 rings (SSSR count). The maximum absolute atomic E-state index is 12.1. The highest BCUT2D eigenvalue weighted by Gasteiger charge is 2.25. The van der Waals surface area contributed by atoms with Gasteiger partial charge in [-0.3, -0.25) is 4.79 Å². The summed E-state index contributed by atoms with van der Waals surface area (Å²) in [6, 6.07) is 8.25. The highest BCUT2D eigenvalue weighted by molar-refractivity contribution is 5.76. The molecule has 1 aromatic carbocycles. The van der Waals surface area contributed by atoms with Gasteiger partial charge in [0.15, 0.2) is 0 Å². The van der Waals surface area contributed by atoms with Crippen LogP contribution in [0.1, 0.15) is 12.8 Å². The molecule has 0 aromatic heterocycles. The average Bonchev–Trinajstić information content (AvgIpc) is 3.09. The molecule has 2 heterocycles. The van der Waals surface area contributed by atoms with E-state index in [1.54, 1.807) is 7.11 Å². The van der Waals surface area contributed by atoms with Crippen LogP contribution in [0.25, 0.3) is 0 Å². The zero-order valence-corrected chi connectivity index (χ0v) is 14.3. The summed E-state index contributed by atoms with van der Waals surface area (Å²) in [6.45, 7) is 4.87. The van der Waals surface area contributed by atoms with Gasteiger partial charge in [0.25, 0.3) is 0 Å². The second kappa shape index (κ2) is 8.35. The van der Waals surface area contributed by atoms with Gasteiger partial charge in [0.1, 0.15) is 5.75 Å². The van der Waals surface area contributed by atoms with E-state index in [1.807, 2.05) is 18.2 Å². The number of methoxy groups -OCH3 is 1. The predicted octanol–water partition coefficient (Wildman–Crippen LogP) is 1.02. The number of amides is 1. The van der Waals surface area contributed by atoms with Gasteiger partial charge < -0.3 is 25.0 Å². The molecule has 132 valence electrons. The molecule has 0 saturated carbocycles. The Hall–Kier alpha value is -1.79. The first-order valence-electron chi connectivity index (χ1n) is 8.72. The molecule has 2 saturated heterocycles. The summed E-state index contributed by atoms with van der Waals surface area (Å²) < 4.78 is 10.8. The van der Waals surface area contributed by atoms with Crippen LogP contribution in [-0.4, -0.2) is 58.5 Å². The van der Waals surface area contributed by atoms with Gasteiger partial charge in [-0.2, -0.15) is 0 Å². The van der Waals surface area contributed by atoms with Gasteiger partial charge in [-0.15, -0.1) is 0 Å². The molecule has 2 aliphatic heterocycles. The zero-order valence-electron chi connectivity index (χ0n) is 14.3. The van der Waals surface area contributed by atoms with Crippen LogP contribution in [-0.2, 0) is 9.53 Å². The van der Waals surface area contributed by atoms with Crippen LogP contribution in [0.15, 0.2) is 24.3 Å². The fourth-order valence-corrected chi connectivity index (χ4v) is 3.41. The van der Waals surface area contributed by atoms with Gasteiger partial charge in [0.05, 0.1) is 26.0 Å². The number of para-hydroxylation sites is 2. The van der Waals surface area contributed by atoms with Crippen molar-refractivity contribution >= 4 is 11.6 Å². The van der Waals surface area contributed by atoms with E-state index >= 15 is 0 Å². The summed E-state index contributed by atoms with van der Waals surface area (Å²) in [4.78, 5) is 14.4. The normalized spacial score (nSPS) is 24.0. The van der Waals surface area contributed by atoms with E-state index in [0.29, 0.717) is 18.9 Å². The third-order valence-corrected chi connectivity index (χ3v) is 4.73. The molecule has 24 heavy (non-hydrogen) atoms. The van der Waals surface area contributed by atoms with Crippen molar-refractivity contribution in [3.63, 3.8) is 0 Å². The maximum atomic E-state index is 12.1. The molecule has 0 radical (unpaired) electrons. The van der Waals surface area contributed by atoms with E-state index in [1.165, 1.54) is 0 Å². The number of anilines is 1. The first kappa shape index (κ1) is 17.0. The highest BCUT2D eigenvalue weighted by atomic mass is 16.5. The van der Waals surface area contributed by atoms with Crippen LogP contribution in [0.2, 0.25) is 0 Å². The van der Waals surface area contributed by atoms with Crippen molar-refractivity contribution in [1.82, 2.24) is 10.6 Å². The lowest BCUT2D eigenvalue weighted by atomic mass is 10.1. The lowest BCUT2D eigenvalue weighted by Crippen LogP contribution is -2.44. The lowest BCUT2D eigenvalue weighted by Gasteiger charge is -2.23. The van der Waals surface area contributed by atoms with Crippen molar-refractivity contribution in [2.45, 2.75) is 18.9 Å². The Kier molecular flexibility index (Phi) is 5.93. The monoisotopic (exact) mass is 333 g/mol. The van der Waals surface area contributed by atoms with Gasteiger partial charge in [-0.1, -0.05) is 12.1 Å². The van der Waals surface area contributed by atoms with Crippen LogP contribution in [0.4, 0.5) is 5.69 Å². The molecule has 2 N–H and O–H groups in total. The van der Waals surface area contributed by atoms with Gasteiger partial charge in [0.2, 0.25) is 5.91 Å². The number of hydrogen-bond acceptors (Lipinski definition) is 5. The summed E-state index contributed by atoms with van der Waals surface area (Å²) in [6.07, 6.45) is 1.58. The third-order valence-electron chi connectivity index (χ3n) is 4.73. The van der Waals surface area contributed by atoms with Crippen molar-refractivity contribution in [2.75, 3.05) is 51.4 Å². The van der Waals surface area contributed by atoms with Gasteiger partial charge >= 0.3 is 0 Å². The van der Waals surface area contributed by atoms with E-state index in [-0.39, 0.29) is 11.9 Å². The third kappa shape index (κ3) is 4.39. The summed E-state index contributed by atoms with van der Waals surface area (Å²) in [5, 5.41) is 6.39. The minimum Gasteiger partial charge on any atom is -0.495 e. The Bertz CT molecular complexity index is 546. The van der Waals surface area contributed by atoms with Gasteiger partial charge in [-0.05, 0) is 24.5 Å². The van der Waals surface area contributed by atoms with E-state index < -0.39 is 0 Å². The molecule has 2 aliphatic rings. The van der Waals surface area contributed by atoms with Crippen LogP contribution >= 0.6 is 0 Å². The van der Waals surface area contributed by atoms with E-state index in [0.717, 1.165) is 50.6 Å². The number of rotatable bonds is 6. The number of hydrogen-bond donors (Lipinski definition) is 2. The van der Waals surface area contributed by atoms with Crippen molar-refractivity contribution in [2.24, 2.45) is 5.92 Å². The molecule has 1 amide bonds. The molecule has 2 atom stereocenters. The Morgan fingerprint density at radius 3 is 3.12 bits per heavy atom. The van der Waals surface area contributed by atoms with Crippen LogP contribution in [0, 0.1) is 5.92 Å². The van der Waals surface area contributed by atoms with Crippen LogP contribution in [0.3, 0.4) is 0 Å². The first-order valence-corrected chi connectivity index (χ1v) is 8.72. The summed E-state index contributed by atoms with van der Waals surface area (Å²) in [5.41, 5.74) is 1.14. The lowest BCUT2D eigenvalue weighted by molar-refractivity contribution is -0.122. The average molecular weight is 333 g/mol. The molecule has 0 aliphatic carbocycles. The number of carbonyl (C=O) groups is 1. The number of nitrogens with zero attached hydrogens (tertiary/aromatic N) is 1. The minimum absolute atomic E-state index is 0.105. The summed E-state index contributed by atoms with van der Waals surface area (Å²) >= 11 is 0. The molecule has 0 bridgehead atoms. The fraction of sp³-hybridized carbons (Fsp3) is 0.611. The quantitative estimate of drug-likeness (QED) is 0.814. The maximum Gasteiger partial charge on any atom is 0.221 e. The number of morpholine rings is 1. The number of carbonyl (C=O) groups excluding carboxylic acids is 1. The van der Waals surface area contributed by atoms with Crippen molar-refractivity contribution in [3.8, 4) is 5.75 Å². The Balaban J connectivity index is 1.43. The van der Waals surface area contributed by atoms with E-state index in [9.17, 15) is 4.79 Å². The number of ether oxygens (including phenoxy) is 2. The van der Waals surface area contributed by atoms with Gasteiger partial charge in [0, 0.05) is 38.6 Å². The SMILES string of the molecule is COc1ccccc1N1CCC(CNC(=O)CC2COCCN2)C1. The molecule has 6 nitrogen and oxygen atoms in total. The van der Waals surface area contributed by atoms with Crippen LogP contribution < -0.4 is 20.3 Å². The second-order valence-electron chi connectivity index (χ2n) is 6.51. The van der Waals surface area contributed by atoms with E-state index in [4.69, 9.17) is 9.47 Å². The van der Waals surface area contributed by atoms with Crippen molar-refractivity contribution in [1.29, 1.82) is 0 Å². The smallest absolute Gasteiger partial charge is 0.221 e. The van der Waals surface area contributed by atoms with Gasteiger partial charge in [-0.25, -0.2) is 0 Å². The number of nitrogens with one attached hydrogen (secondary N) is 2. The predicted molar refractivity (Wildman–Crippen MR) is 93.6 cm³/mol. The first-order chi connectivity index (χ1) is 11.8. The van der Waals surface area contributed by atoms with Crippen molar-refractivity contribution < 1.29 is 14.3 Å². The molecule has 1 aromatic rings. The molecule has 0 spiro atoms. The second-order valence-corrected chi connectivity index (χ2v) is 6.51. The largest absolute Gasteiger partial charge is 0.495 e. The topological polar surface area (TPSA) is 62.8 Å². The zero-order chi connectivity index (χ0) is 16.8. The Labute approximate surface area is 143 Å². The number of benzene rings is 1. The Morgan fingerprint density at radius 1 is 1.46 bits per heavy atom. The fourth-order valence-electron chi connectivity index (χ4n) is 3.41. The highest BCUT2D eigenvalue weighted by Crippen LogP contribution is 2.31. The Morgan fingerprint density at radius 2 is 2.33 bits per heavy atom.